The molecule has 1 aromatic carbocycles. The van der Waals surface area contributed by atoms with Crippen molar-refractivity contribution >= 4 is 35.1 Å². The number of benzene rings is 1. The molecule has 3 amide bonds. The second-order valence-corrected chi connectivity index (χ2v) is 8.35. The molecule has 3 N–H and O–H groups in total. The van der Waals surface area contributed by atoms with Crippen molar-refractivity contribution in [2.75, 3.05) is 36.9 Å². The number of rotatable bonds is 10. The average molecular weight is 445 g/mol. The molecular weight excluding hydrogens is 412 g/mol. The Morgan fingerprint density at radius 3 is 2.59 bits per heavy atom. The van der Waals surface area contributed by atoms with Gasteiger partial charge < -0.3 is 20.7 Å². The Labute approximate surface area is 188 Å². The molecule has 1 aromatic rings. The first kappa shape index (κ1) is 23.7. The van der Waals surface area contributed by atoms with Crippen LogP contribution in [0.5, 0.6) is 0 Å². The zero-order valence-electron chi connectivity index (χ0n) is 18.7. The SMILES string of the molecule is CCCCOC(=O)CC1C(=O)NCCN1CC(=O)Nc1cccc(NC(=O)C2CC2)c1C. The largest absolute Gasteiger partial charge is 0.466 e. The van der Waals surface area contributed by atoms with E-state index in [0.29, 0.717) is 31.1 Å². The number of esters is 1. The standard InChI is InChI=1S/C23H32N4O5/c1-3-4-12-32-21(29)13-19-23(31)24-10-11-27(19)14-20(28)25-17-6-5-7-18(15(17)2)26-22(30)16-8-9-16/h5-7,16,19H,3-4,8-14H2,1-2H3,(H,24,31)(H,25,28)(H,26,30). The molecule has 0 aromatic heterocycles. The van der Waals surface area contributed by atoms with Gasteiger partial charge in [0.2, 0.25) is 17.7 Å². The summed E-state index contributed by atoms with van der Waals surface area (Å²) in [6.45, 7) is 5.01. The van der Waals surface area contributed by atoms with Crippen LogP contribution in [0.25, 0.3) is 0 Å². The van der Waals surface area contributed by atoms with Gasteiger partial charge in [0.05, 0.1) is 19.6 Å². The lowest BCUT2D eigenvalue weighted by Crippen LogP contribution is -2.57. The van der Waals surface area contributed by atoms with Crippen LogP contribution in [0.2, 0.25) is 0 Å². The van der Waals surface area contributed by atoms with E-state index in [1.807, 2.05) is 13.8 Å². The predicted octanol–water partition coefficient (Wildman–Crippen LogP) is 1.82. The number of hydrogen-bond acceptors (Lipinski definition) is 6. The first-order valence-electron chi connectivity index (χ1n) is 11.3. The fraction of sp³-hybridized carbons (Fsp3) is 0.565. The van der Waals surface area contributed by atoms with Crippen molar-refractivity contribution < 1.29 is 23.9 Å². The van der Waals surface area contributed by atoms with Gasteiger partial charge in [0.1, 0.15) is 6.04 Å². The van der Waals surface area contributed by atoms with Crippen molar-refractivity contribution in [2.45, 2.75) is 52.0 Å². The van der Waals surface area contributed by atoms with Gasteiger partial charge in [0, 0.05) is 30.4 Å². The second kappa shape index (κ2) is 11.1. The van der Waals surface area contributed by atoms with Crippen LogP contribution in [-0.2, 0) is 23.9 Å². The first-order valence-corrected chi connectivity index (χ1v) is 11.3. The fourth-order valence-electron chi connectivity index (χ4n) is 3.58. The Kier molecular flexibility index (Phi) is 8.21. The summed E-state index contributed by atoms with van der Waals surface area (Å²) in [5, 5.41) is 8.53. The molecule has 0 bridgehead atoms. The average Bonchev–Trinajstić information content (AvgIpc) is 3.59. The quantitative estimate of drug-likeness (QED) is 0.374. The van der Waals surface area contributed by atoms with E-state index in [2.05, 4.69) is 16.0 Å². The summed E-state index contributed by atoms with van der Waals surface area (Å²) in [6.07, 6.45) is 3.42. The van der Waals surface area contributed by atoms with Crippen molar-refractivity contribution in [1.82, 2.24) is 10.2 Å². The van der Waals surface area contributed by atoms with Crippen LogP contribution in [0.1, 0.15) is 44.6 Å². The summed E-state index contributed by atoms with van der Waals surface area (Å²) in [6, 6.07) is 4.61. The van der Waals surface area contributed by atoms with E-state index in [0.717, 1.165) is 31.2 Å². The molecule has 9 heteroatoms. The summed E-state index contributed by atoms with van der Waals surface area (Å²) in [5.74, 6) is -0.927. The highest BCUT2D eigenvalue weighted by Gasteiger charge is 2.33. The third kappa shape index (κ3) is 6.53. The lowest BCUT2D eigenvalue weighted by Gasteiger charge is -2.33. The lowest BCUT2D eigenvalue weighted by molar-refractivity contribution is -0.149. The van der Waals surface area contributed by atoms with Crippen LogP contribution >= 0.6 is 0 Å². The smallest absolute Gasteiger partial charge is 0.307 e. The Morgan fingerprint density at radius 1 is 1.19 bits per heavy atom. The van der Waals surface area contributed by atoms with Crippen molar-refractivity contribution in [3.63, 3.8) is 0 Å². The third-order valence-corrected chi connectivity index (χ3v) is 5.72. The summed E-state index contributed by atoms with van der Waals surface area (Å²) in [4.78, 5) is 51.0. The Hall–Kier alpha value is -2.94. The molecule has 32 heavy (non-hydrogen) atoms. The zero-order chi connectivity index (χ0) is 23.1. The van der Waals surface area contributed by atoms with Crippen LogP contribution in [-0.4, -0.2) is 60.9 Å². The van der Waals surface area contributed by atoms with Gasteiger partial charge in [-0.3, -0.25) is 24.1 Å². The number of ether oxygens (including phenoxy) is 1. The predicted molar refractivity (Wildman–Crippen MR) is 120 cm³/mol. The molecule has 0 spiro atoms. The van der Waals surface area contributed by atoms with E-state index >= 15 is 0 Å². The topological polar surface area (TPSA) is 117 Å². The van der Waals surface area contributed by atoms with Crippen molar-refractivity contribution in [3.8, 4) is 0 Å². The van der Waals surface area contributed by atoms with Crippen LogP contribution in [0, 0.1) is 12.8 Å². The van der Waals surface area contributed by atoms with Crippen molar-refractivity contribution in [2.24, 2.45) is 5.92 Å². The van der Waals surface area contributed by atoms with Gasteiger partial charge in [0.15, 0.2) is 0 Å². The normalized spacial score (nSPS) is 18.6. The van der Waals surface area contributed by atoms with E-state index in [1.165, 1.54) is 0 Å². The zero-order valence-corrected chi connectivity index (χ0v) is 18.7. The fourth-order valence-corrected chi connectivity index (χ4v) is 3.58. The van der Waals surface area contributed by atoms with E-state index in [-0.39, 0.29) is 36.6 Å². The number of amides is 3. The van der Waals surface area contributed by atoms with Crippen molar-refractivity contribution in [3.05, 3.63) is 23.8 Å². The molecule has 2 aliphatic rings. The highest BCUT2D eigenvalue weighted by Crippen LogP contribution is 2.31. The Balaban J connectivity index is 1.59. The first-order chi connectivity index (χ1) is 15.4. The number of carbonyl (C=O) groups is 4. The van der Waals surface area contributed by atoms with E-state index in [9.17, 15) is 19.2 Å². The molecule has 1 heterocycles. The Morgan fingerprint density at radius 2 is 1.91 bits per heavy atom. The summed E-state index contributed by atoms with van der Waals surface area (Å²) in [5.41, 5.74) is 2.03. The molecule has 174 valence electrons. The molecule has 2 fully saturated rings. The highest BCUT2D eigenvalue weighted by molar-refractivity contribution is 5.98. The molecule has 1 aliphatic carbocycles. The van der Waals surface area contributed by atoms with E-state index in [4.69, 9.17) is 4.74 Å². The molecule has 3 rings (SSSR count). The van der Waals surface area contributed by atoms with Gasteiger partial charge in [0.25, 0.3) is 0 Å². The van der Waals surface area contributed by atoms with Gasteiger partial charge in [-0.05, 0) is 43.9 Å². The Bertz CT molecular complexity index is 868. The minimum absolute atomic E-state index is 0.00423. The maximum Gasteiger partial charge on any atom is 0.307 e. The number of piperazine rings is 1. The minimum Gasteiger partial charge on any atom is -0.466 e. The number of nitrogens with one attached hydrogen (secondary N) is 3. The molecule has 1 atom stereocenters. The van der Waals surface area contributed by atoms with Gasteiger partial charge in [-0.15, -0.1) is 0 Å². The highest BCUT2D eigenvalue weighted by atomic mass is 16.5. The van der Waals surface area contributed by atoms with Gasteiger partial charge in [-0.25, -0.2) is 0 Å². The second-order valence-electron chi connectivity index (χ2n) is 8.35. The third-order valence-electron chi connectivity index (χ3n) is 5.72. The monoisotopic (exact) mass is 444 g/mol. The number of unbranched alkanes of at least 4 members (excludes halogenated alkanes) is 1. The van der Waals surface area contributed by atoms with Crippen LogP contribution in [0.4, 0.5) is 11.4 Å². The van der Waals surface area contributed by atoms with E-state index < -0.39 is 12.0 Å². The molecule has 9 nitrogen and oxygen atoms in total. The molecule has 1 aliphatic heterocycles. The van der Waals surface area contributed by atoms with Crippen LogP contribution in [0.3, 0.4) is 0 Å². The molecule has 0 radical (unpaired) electrons. The van der Waals surface area contributed by atoms with Crippen LogP contribution in [0.15, 0.2) is 18.2 Å². The maximum atomic E-state index is 12.7. The molecular formula is C23H32N4O5. The van der Waals surface area contributed by atoms with Crippen LogP contribution < -0.4 is 16.0 Å². The minimum atomic E-state index is -0.742. The maximum absolute atomic E-state index is 12.7. The molecule has 1 saturated carbocycles. The summed E-state index contributed by atoms with van der Waals surface area (Å²) in [7, 11) is 0. The number of hydrogen-bond donors (Lipinski definition) is 3. The van der Waals surface area contributed by atoms with Gasteiger partial charge >= 0.3 is 5.97 Å². The van der Waals surface area contributed by atoms with Gasteiger partial charge in [-0.1, -0.05) is 19.4 Å². The summed E-state index contributed by atoms with van der Waals surface area (Å²) >= 11 is 0. The van der Waals surface area contributed by atoms with E-state index in [1.54, 1.807) is 23.1 Å². The van der Waals surface area contributed by atoms with Gasteiger partial charge in [-0.2, -0.15) is 0 Å². The summed E-state index contributed by atoms with van der Waals surface area (Å²) < 4.78 is 5.18. The lowest BCUT2D eigenvalue weighted by atomic mass is 10.1. The number of nitrogens with zero attached hydrogens (tertiary/aromatic N) is 1. The van der Waals surface area contributed by atoms with Crippen molar-refractivity contribution in [1.29, 1.82) is 0 Å². The number of carbonyl (C=O) groups excluding carboxylic acids is 4. The molecule has 1 unspecified atom stereocenters. The number of anilines is 2. The molecule has 1 saturated heterocycles.